The van der Waals surface area contributed by atoms with Crippen molar-refractivity contribution in [1.29, 1.82) is 0 Å². The zero-order valence-electron chi connectivity index (χ0n) is 17.5. The highest BCUT2D eigenvalue weighted by Crippen LogP contribution is 2.20. The van der Waals surface area contributed by atoms with Crippen LogP contribution in [0, 0.1) is 0 Å². The number of nitrogens with one attached hydrogen (secondary N) is 1. The minimum Gasteiger partial charge on any atom is -0.489 e. The minimum atomic E-state index is -0.121. The number of hydrogen-bond acceptors (Lipinski definition) is 3. The maximum Gasteiger partial charge on any atom is 0.251 e. The van der Waals surface area contributed by atoms with Crippen LogP contribution in [0.2, 0.25) is 5.02 Å². The van der Waals surface area contributed by atoms with Gasteiger partial charge in [-0.25, -0.2) is 0 Å². The van der Waals surface area contributed by atoms with Crippen LogP contribution in [-0.2, 0) is 19.7 Å². The van der Waals surface area contributed by atoms with Crippen molar-refractivity contribution in [2.45, 2.75) is 32.5 Å². The summed E-state index contributed by atoms with van der Waals surface area (Å²) < 4.78 is 5.83. The molecule has 1 N–H and O–H groups in total. The highest BCUT2D eigenvalue weighted by molar-refractivity contribution is 6.31. The highest BCUT2D eigenvalue weighted by atomic mass is 35.5. The molecule has 0 bridgehead atoms. The van der Waals surface area contributed by atoms with E-state index in [0.717, 1.165) is 17.7 Å². The number of halogens is 1. The van der Waals surface area contributed by atoms with Crippen LogP contribution in [0.25, 0.3) is 0 Å². The molecule has 0 radical (unpaired) electrons. The van der Waals surface area contributed by atoms with Crippen molar-refractivity contribution < 1.29 is 9.53 Å². The Morgan fingerprint density at radius 1 is 0.935 bits per heavy atom. The van der Waals surface area contributed by atoms with Crippen LogP contribution in [0.1, 0.15) is 39.9 Å². The number of benzene rings is 3. The number of rotatable bonds is 8. The molecule has 1 aliphatic rings. The first-order valence-corrected chi connectivity index (χ1v) is 11.1. The number of carbonyl (C=O) groups excluding carboxylic acids is 1. The van der Waals surface area contributed by atoms with E-state index >= 15 is 0 Å². The molecule has 4 nitrogen and oxygen atoms in total. The van der Waals surface area contributed by atoms with Gasteiger partial charge in [-0.2, -0.15) is 0 Å². The molecule has 0 aliphatic carbocycles. The molecule has 1 aliphatic heterocycles. The van der Waals surface area contributed by atoms with Gasteiger partial charge in [-0.15, -0.1) is 0 Å². The summed E-state index contributed by atoms with van der Waals surface area (Å²) in [6.45, 7) is 4.24. The lowest BCUT2D eigenvalue weighted by molar-refractivity contribution is 0.0950. The first-order valence-electron chi connectivity index (χ1n) is 10.7. The summed E-state index contributed by atoms with van der Waals surface area (Å²) in [4.78, 5) is 15.1. The SMILES string of the molecule is O=C(NCc1ccc(CN2CCCC2)cc1)c1cccc(OCc2ccccc2Cl)c1. The van der Waals surface area contributed by atoms with Gasteiger partial charge in [0.25, 0.3) is 5.91 Å². The summed E-state index contributed by atoms with van der Waals surface area (Å²) in [5.74, 6) is 0.517. The van der Waals surface area contributed by atoms with Crippen molar-refractivity contribution in [3.63, 3.8) is 0 Å². The second kappa shape index (κ2) is 10.5. The van der Waals surface area contributed by atoms with Gasteiger partial charge < -0.3 is 10.1 Å². The van der Waals surface area contributed by atoms with Gasteiger partial charge in [0.2, 0.25) is 0 Å². The maximum absolute atomic E-state index is 12.6. The third kappa shape index (κ3) is 6.09. The molecule has 4 rings (SSSR count). The number of ether oxygens (including phenoxy) is 1. The molecule has 0 spiro atoms. The van der Waals surface area contributed by atoms with E-state index in [4.69, 9.17) is 16.3 Å². The van der Waals surface area contributed by atoms with Crippen molar-refractivity contribution in [2.24, 2.45) is 0 Å². The van der Waals surface area contributed by atoms with Gasteiger partial charge in [0.15, 0.2) is 0 Å². The zero-order chi connectivity index (χ0) is 21.5. The number of nitrogens with zero attached hydrogens (tertiary/aromatic N) is 1. The molecule has 0 aromatic heterocycles. The normalized spacial score (nSPS) is 13.8. The van der Waals surface area contributed by atoms with Gasteiger partial charge in [0.05, 0.1) is 0 Å². The third-order valence-corrected chi connectivity index (χ3v) is 5.90. The lowest BCUT2D eigenvalue weighted by atomic mass is 10.1. The monoisotopic (exact) mass is 434 g/mol. The molecule has 0 atom stereocenters. The molecule has 3 aromatic rings. The first kappa shape index (κ1) is 21.4. The second-order valence-corrected chi connectivity index (χ2v) is 8.30. The zero-order valence-corrected chi connectivity index (χ0v) is 18.3. The van der Waals surface area contributed by atoms with Gasteiger partial charge in [0, 0.05) is 29.2 Å². The fraction of sp³-hybridized carbons (Fsp3) is 0.269. The Morgan fingerprint density at radius 3 is 2.45 bits per heavy atom. The summed E-state index contributed by atoms with van der Waals surface area (Å²) in [6.07, 6.45) is 2.60. The Labute approximate surface area is 188 Å². The quantitative estimate of drug-likeness (QED) is 0.513. The molecule has 0 unspecified atom stereocenters. The predicted octanol–water partition coefficient (Wildman–Crippen LogP) is 5.44. The summed E-state index contributed by atoms with van der Waals surface area (Å²) in [7, 11) is 0. The summed E-state index contributed by atoms with van der Waals surface area (Å²) in [5, 5.41) is 3.66. The average Bonchev–Trinajstić information content (AvgIpc) is 3.31. The minimum absolute atomic E-state index is 0.121. The van der Waals surface area contributed by atoms with Gasteiger partial charge in [-0.3, -0.25) is 9.69 Å². The van der Waals surface area contributed by atoms with Gasteiger partial charge in [-0.1, -0.05) is 60.1 Å². The molecular formula is C26H27ClN2O2. The van der Waals surface area contributed by atoms with Crippen molar-refractivity contribution >= 4 is 17.5 Å². The topological polar surface area (TPSA) is 41.6 Å². The Morgan fingerprint density at radius 2 is 1.68 bits per heavy atom. The first-order chi connectivity index (χ1) is 15.2. The summed E-state index contributed by atoms with van der Waals surface area (Å²) in [5.41, 5.74) is 3.89. The molecular weight excluding hydrogens is 408 g/mol. The van der Waals surface area contributed by atoms with Crippen molar-refractivity contribution in [2.75, 3.05) is 13.1 Å². The van der Waals surface area contributed by atoms with Gasteiger partial charge >= 0.3 is 0 Å². The third-order valence-electron chi connectivity index (χ3n) is 5.53. The van der Waals surface area contributed by atoms with Crippen molar-refractivity contribution in [3.05, 3.63) is 100 Å². The Hall–Kier alpha value is -2.82. The number of carbonyl (C=O) groups is 1. The number of likely N-dealkylation sites (tertiary alicyclic amines) is 1. The summed E-state index contributed by atoms with van der Waals surface area (Å²) >= 11 is 6.18. The lowest BCUT2D eigenvalue weighted by Crippen LogP contribution is -2.23. The number of hydrogen-bond donors (Lipinski definition) is 1. The lowest BCUT2D eigenvalue weighted by Gasteiger charge is -2.14. The molecule has 1 amide bonds. The van der Waals surface area contributed by atoms with Crippen LogP contribution in [0.5, 0.6) is 5.75 Å². The molecule has 160 valence electrons. The van der Waals surface area contributed by atoms with Crippen LogP contribution in [0.15, 0.2) is 72.8 Å². The molecule has 0 saturated carbocycles. The average molecular weight is 435 g/mol. The Bertz CT molecular complexity index is 1010. The Balaban J connectivity index is 1.29. The largest absolute Gasteiger partial charge is 0.489 e. The number of amides is 1. The van der Waals surface area contributed by atoms with E-state index in [1.54, 1.807) is 12.1 Å². The highest BCUT2D eigenvalue weighted by Gasteiger charge is 2.12. The Kier molecular flexibility index (Phi) is 7.23. The molecule has 5 heteroatoms. The van der Waals surface area contributed by atoms with Crippen molar-refractivity contribution in [1.82, 2.24) is 10.2 Å². The summed E-state index contributed by atoms with van der Waals surface area (Å²) in [6, 6.07) is 23.3. The van der Waals surface area contributed by atoms with E-state index in [0.29, 0.717) is 29.5 Å². The van der Waals surface area contributed by atoms with E-state index in [-0.39, 0.29) is 5.91 Å². The predicted molar refractivity (Wildman–Crippen MR) is 124 cm³/mol. The maximum atomic E-state index is 12.6. The van der Waals surface area contributed by atoms with E-state index in [2.05, 4.69) is 34.5 Å². The van der Waals surface area contributed by atoms with Gasteiger partial charge in [-0.05, 0) is 61.3 Å². The van der Waals surface area contributed by atoms with E-state index in [1.807, 2.05) is 36.4 Å². The van der Waals surface area contributed by atoms with Crippen LogP contribution >= 0.6 is 11.6 Å². The van der Waals surface area contributed by atoms with Crippen LogP contribution < -0.4 is 10.1 Å². The van der Waals surface area contributed by atoms with Crippen LogP contribution in [0.4, 0.5) is 0 Å². The van der Waals surface area contributed by atoms with E-state index in [9.17, 15) is 4.79 Å². The molecule has 1 saturated heterocycles. The molecule has 31 heavy (non-hydrogen) atoms. The standard InChI is InChI=1S/C26H27ClN2O2/c27-25-9-2-1-6-23(25)19-31-24-8-5-7-22(16-24)26(30)28-17-20-10-12-21(13-11-20)18-29-14-3-4-15-29/h1-2,5-13,16H,3-4,14-15,17-19H2,(H,28,30). The van der Waals surface area contributed by atoms with Gasteiger partial charge in [0.1, 0.15) is 12.4 Å². The van der Waals surface area contributed by atoms with Crippen molar-refractivity contribution in [3.8, 4) is 5.75 Å². The smallest absolute Gasteiger partial charge is 0.251 e. The molecule has 1 fully saturated rings. The fourth-order valence-electron chi connectivity index (χ4n) is 3.75. The molecule has 1 heterocycles. The molecule has 3 aromatic carbocycles. The van der Waals surface area contributed by atoms with E-state index < -0.39 is 0 Å². The second-order valence-electron chi connectivity index (χ2n) is 7.89. The fourth-order valence-corrected chi connectivity index (χ4v) is 3.94. The van der Waals surface area contributed by atoms with Crippen LogP contribution in [0.3, 0.4) is 0 Å². The van der Waals surface area contributed by atoms with E-state index in [1.165, 1.54) is 31.5 Å². The van der Waals surface area contributed by atoms with Crippen LogP contribution in [-0.4, -0.2) is 23.9 Å².